The number of amides is 2. The van der Waals surface area contributed by atoms with E-state index in [0.717, 1.165) is 12.8 Å². The Hall–Kier alpha value is -2.77. The van der Waals surface area contributed by atoms with Gasteiger partial charge >= 0.3 is 0 Å². The minimum absolute atomic E-state index is 0.148. The van der Waals surface area contributed by atoms with Crippen molar-refractivity contribution in [2.75, 3.05) is 6.54 Å². The molecule has 1 N–H and O–H groups in total. The van der Waals surface area contributed by atoms with Crippen LogP contribution in [0.1, 0.15) is 57.3 Å². The van der Waals surface area contributed by atoms with Crippen LogP contribution in [0.4, 0.5) is 5.69 Å². The largest absolute Gasteiger partial charge is 0.354 e. The van der Waals surface area contributed by atoms with Gasteiger partial charge in [0.1, 0.15) is 0 Å². The van der Waals surface area contributed by atoms with Gasteiger partial charge in [0, 0.05) is 29.8 Å². The molecule has 2 amide bonds. The van der Waals surface area contributed by atoms with Crippen LogP contribution in [0, 0.1) is 10.1 Å². The Morgan fingerprint density at radius 3 is 2.30 bits per heavy atom. The first kappa shape index (κ1) is 20.5. The van der Waals surface area contributed by atoms with Crippen molar-refractivity contribution in [3.63, 3.8) is 0 Å². The van der Waals surface area contributed by atoms with E-state index in [1.165, 1.54) is 29.2 Å². The van der Waals surface area contributed by atoms with Gasteiger partial charge in [0.25, 0.3) is 11.6 Å². The average molecular weight is 375 g/mol. The molecule has 8 nitrogen and oxygen atoms in total. The summed E-state index contributed by atoms with van der Waals surface area (Å²) in [5.41, 5.74) is -2.34. The van der Waals surface area contributed by atoms with Gasteiger partial charge in [-0.1, -0.05) is 13.3 Å². The number of hydrogen-bond donors (Lipinski definition) is 1. The van der Waals surface area contributed by atoms with E-state index in [4.69, 9.17) is 0 Å². The van der Waals surface area contributed by atoms with Crippen LogP contribution < -0.4 is 5.32 Å². The highest BCUT2D eigenvalue weighted by atomic mass is 16.6. The molecule has 1 aromatic rings. The molecule has 27 heavy (non-hydrogen) atoms. The number of unbranched alkanes of at least 4 members (excludes halogenated alkanes) is 1. The maximum absolute atomic E-state index is 13.3. The predicted octanol–water partition coefficient (Wildman–Crippen LogP) is 2.46. The van der Waals surface area contributed by atoms with Crippen LogP contribution in [0.5, 0.6) is 0 Å². The zero-order valence-electron chi connectivity index (χ0n) is 16.1. The fourth-order valence-corrected chi connectivity index (χ4v) is 3.41. The lowest BCUT2D eigenvalue weighted by Gasteiger charge is -2.55. The van der Waals surface area contributed by atoms with Crippen molar-refractivity contribution in [3.05, 3.63) is 39.9 Å². The molecule has 0 radical (unpaired) electrons. The molecule has 1 aliphatic heterocycles. The first-order valence-electron chi connectivity index (χ1n) is 8.96. The molecule has 0 saturated carbocycles. The quantitative estimate of drug-likeness (QED) is 0.197. The second-order valence-electron chi connectivity index (χ2n) is 7.68. The van der Waals surface area contributed by atoms with Crippen molar-refractivity contribution in [1.29, 1.82) is 0 Å². The summed E-state index contributed by atoms with van der Waals surface area (Å²) in [5, 5.41) is 13.6. The molecular weight excluding hydrogens is 350 g/mol. The summed E-state index contributed by atoms with van der Waals surface area (Å²) >= 11 is 0. The predicted molar refractivity (Wildman–Crippen MR) is 99.3 cm³/mol. The maximum Gasteiger partial charge on any atom is 0.269 e. The Bertz CT molecular complexity index is 767. The molecule has 8 heteroatoms. The Kier molecular flexibility index (Phi) is 5.67. The van der Waals surface area contributed by atoms with Gasteiger partial charge < -0.3 is 10.2 Å². The highest BCUT2D eigenvalue weighted by Gasteiger charge is 2.64. The number of non-ortho nitro benzene ring substituents is 1. The van der Waals surface area contributed by atoms with Crippen LogP contribution in [0.15, 0.2) is 24.3 Å². The molecule has 146 valence electrons. The molecule has 1 saturated heterocycles. The van der Waals surface area contributed by atoms with E-state index in [2.05, 4.69) is 5.32 Å². The standard InChI is InChI=1S/C19H25N3O5/c1-5-6-11-20-17(25)19(12-15(23)21(19)18(2,3)4)16(24)13-7-9-14(10-8-13)22(26)27/h7-10H,5-6,11-12H2,1-4H3,(H,20,25). The van der Waals surface area contributed by atoms with Crippen molar-refractivity contribution in [2.24, 2.45) is 0 Å². The number of nitrogens with zero attached hydrogens (tertiary/aromatic N) is 2. The number of carbonyl (C=O) groups excluding carboxylic acids is 3. The number of β-lactam (4-membered cyclic amide) rings is 1. The smallest absolute Gasteiger partial charge is 0.269 e. The monoisotopic (exact) mass is 375 g/mol. The van der Waals surface area contributed by atoms with Crippen LogP contribution in [-0.2, 0) is 9.59 Å². The number of likely N-dealkylation sites (tertiary alicyclic amines) is 1. The summed E-state index contributed by atoms with van der Waals surface area (Å²) in [7, 11) is 0. The normalized spacial score (nSPS) is 19.4. The van der Waals surface area contributed by atoms with Gasteiger partial charge in [-0.15, -0.1) is 0 Å². The van der Waals surface area contributed by atoms with E-state index in [0.29, 0.717) is 6.54 Å². The first-order valence-corrected chi connectivity index (χ1v) is 8.96. The Labute approximate surface area is 158 Å². The number of rotatable bonds is 7. The number of hydrogen-bond acceptors (Lipinski definition) is 5. The van der Waals surface area contributed by atoms with Gasteiger partial charge in [-0.05, 0) is 39.3 Å². The second kappa shape index (κ2) is 7.46. The summed E-state index contributed by atoms with van der Waals surface area (Å²) in [6, 6.07) is 5.09. The fourth-order valence-electron chi connectivity index (χ4n) is 3.41. The number of nitro benzene ring substituents is 1. The van der Waals surface area contributed by atoms with Gasteiger partial charge in [-0.25, -0.2) is 0 Å². The van der Waals surface area contributed by atoms with E-state index >= 15 is 0 Å². The van der Waals surface area contributed by atoms with E-state index in [1.807, 2.05) is 6.92 Å². The molecule has 1 fully saturated rings. The second-order valence-corrected chi connectivity index (χ2v) is 7.68. The van der Waals surface area contributed by atoms with Gasteiger partial charge in [-0.2, -0.15) is 0 Å². The number of carbonyl (C=O) groups is 3. The lowest BCUT2D eigenvalue weighted by atomic mass is 9.73. The summed E-state index contributed by atoms with van der Waals surface area (Å²) < 4.78 is 0. The third-order valence-corrected chi connectivity index (χ3v) is 4.62. The lowest BCUT2D eigenvalue weighted by Crippen LogP contribution is -2.78. The molecule has 0 spiro atoms. The zero-order chi connectivity index (χ0) is 20.4. The summed E-state index contributed by atoms with van der Waals surface area (Å²) in [4.78, 5) is 50.2. The van der Waals surface area contributed by atoms with Crippen LogP contribution in [0.2, 0.25) is 0 Å². The Balaban J connectivity index is 2.43. The number of ketones is 1. The maximum atomic E-state index is 13.3. The molecule has 1 aromatic carbocycles. The summed E-state index contributed by atoms with van der Waals surface area (Å²) in [6.07, 6.45) is 1.43. The van der Waals surface area contributed by atoms with Crippen molar-refractivity contribution in [1.82, 2.24) is 10.2 Å². The van der Waals surface area contributed by atoms with Gasteiger partial charge in [0.05, 0.1) is 11.3 Å². The number of nitro groups is 1. The molecule has 2 rings (SSSR count). The number of benzene rings is 1. The van der Waals surface area contributed by atoms with Gasteiger partial charge in [0.15, 0.2) is 11.3 Å². The SMILES string of the molecule is CCCCNC(=O)C1(C(=O)c2ccc([N+](=O)[O-])cc2)CC(=O)N1C(C)(C)C. The molecule has 0 aromatic heterocycles. The minimum atomic E-state index is -1.63. The van der Waals surface area contributed by atoms with Crippen molar-refractivity contribution >= 4 is 23.3 Å². The minimum Gasteiger partial charge on any atom is -0.354 e. The van der Waals surface area contributed by atoms with Gasteiger partial charge in [0.2, 0.25) is 5.91 Å². The highest BCUT2D eigenvalue weighted by molar-refractivity contribution is 6.24. The molecule has 1 heterocycles. The first-order chi connectivity index (χ1) is 12.6. The van der Waals surface area contributed by atoms with Crippen molar-refractivity contribution in [2.45, 2.75) is 58.0 Å². The van der Waals surface area contributed by atoms with Crippen LogP contribution in [0.25, 0.3) is 0 Å². The van der Waals surface area contributed by atoms with Crippen molar-refractivity contribution in [3.8, 4) is 0 Å². The number of Topliss-reactive ketones (excluding diaryl/α,β-unsaturated/α-hetero) is 1. The van der Waals surface area contributed by atoms with Gasteiger partial charge in [-0.3, -0.25) is 24.5 Å². The van der Waals surface area contributed by atoms with E-state index in [9.17, 15) is 24.5 Å². The van der Waals surface area contributed by atoms with Crippen LogP contribution in [-0.4, -0.2) is 45.0 Å². The average Bonchev–Trinajstić information content (AvgIpc) is 2.57. The fraction of sp³-hybridized carbons (Fsp3) is 0.526. The summed E-state index contributed by atoms with van der Waals surface area (Å²) in [5.74, 6) is -1.31. The third kappa shape index (κ3) is 3.70. The molecule has 1 unspecified atom stereocenters. The zero-order valence-corrected chi connectivity index (χ0v) is 16.1. The van der Waals surface area contributed by atoms with E-state index < -0.39 is 27.7 Å². The summed E-state index contributed by atoms with van der Waals surface area (Å²) in [6.45, 7) is 7.69. The van der Waals surface area contributed by atoms with Crippen LogP contribution in [0.3, 0.4) is 0 Å². The van der Waals surface area contributed by atoms with Crippen LogP contribution >= 0.6 is 0 Å². The topological polar surface area (TPSA) is 110 Å². The molecule has 0 aliphatic carbocycles. The third-order valence-electron chi connectivity index (χ3n) is 4.62. The Morgan fingerprint density at radius 2 is 1.85 bits per heavy atom. The lowest BCUT2D eigenvalue weighted by molar-refractivity contribution is -0.384. The van der Waals surface area contributed by atoms with E-state index in [-0.39, 0.29) is 23.6 Å². The van der Waals surface area contributed by atoms with Crippen molar-refractivity contribution < 1.29 is 19.3 Å². The molecular formula is C19H25N3O5. The van der Waals surface area contributed by atoms with E-state index in [1.54, 1.807) is 20.8 Å². The molecule has 1 aliphatic rings. The Morgan fingerprint density at radius 1 is 1.26 bits per heavy atom. The molecule has 0 bridgehead atoms. The number of nitrogens with one attached hydrogen (secondary N) is 1. The highest BCUT2D eigenvalue weighted by Crippen LogP contribution is 2.41. The molecule has 1 atom stereocenters.